The summed E-state index contributed by atoms with van der Waals surface area (Å²) >= 11 is 0. The van der Waals surface area contributed by atoms with E-state index in [4.69, 9.17) is 0 Å². The molecule has 2 heteroatoms. The largest absolute Gasteiger partial charge is 0.0962 e. The predicted molar refractivity (Wildman–Crippen MR) is 184 cm³/mol. The lowest BCUT2D eigenvalue weighted by Gasteiger charge is -2.46. The molecular formula is C39H50P2. The van der Waals surface area contributed by atoms with Crippen LogP contribution in [-0.2, 0) is 0 Å². The maximum Gasteiger partial charge on any atom is 0.00995 e. The fourth-order valence-corrected chi connectivity index (χ4v) is 15.6. The molecule has 0 saturated heterocycles. The fraction of sp³-hybridized carbons (Fsp3) is 0.487. The summed E-state index contributed by atoms with van der Waals surface area (Å²) in [6.07, 6.45) is 37.4. The SMILES string of the molecule is C1=CC(CCCC[C@H](C2C=CC=C2P(c2ccccc2)c2ccccc2)P(C2CCCCC2)C2CCCCC2)C=C1. The zero-order valence-corrected chi connectivity index (χ0v) is 26.8. The van der Waals surface area contributed by atoms with Gasteiger partial charge in [-0.1, -0.05) is 162 Å². The predicted octanol–water partition coefficient (Wildman–Crippen LogP) is 11.0. The van der Waals surface area contributed by atoms with Gasteiger partial charge in [0, 0.05) is 5.92 Å². The van der Waals surface area contributed by atoms with Crippen molar-refractivity contribution in [2.75, 3.05) is 0 Å². The highest BCUT2D eigenvalue weighted by Crippen LogP contribution is 2.65. The Morgan fingerprint density at radius 1 is 0.610 bits per heavy atom. The Morgan fingerprint density at radius 2 is 1.17 bits per heavy atom. The third kappa shape index (κ3) is 7.43. The van der Waals surface area contributed by atoms with Crippen molar-refractivity contribution in [1.29, 1.82) is 0 Å². The van der Waals surface area contributed by atoms with Crippen LogP contribution in [0.3, 0.4) is 0 Å². The first kappa shape index (κ1) is 29.3. The van der Waals surface area contributed by atoms with Crippen LogP contribution in [0.2, 0.25) is 0 Å². The van der Waals surface area contributed by atoms with Crippen LogP contribution in [0, 0.1) is 11.8 Å². The van der Waals surface area contributed by atoms with Crippen molar-refractivity contribution >= 4 is 26.5 Å². The maximum absolute atomic E-state index is 2.67. The van der Waals surface area contributed by atoms with Crippen molar-refractivity contribution in [3.8, 4) is 0 Å². The van der Waals surface area contributed by atoms with Gasteiger partial charge >= 0.3 is 0 Å². The first-order valence-electron chi connectivity index (χ1n) is 16.8. The van der Waals surface area contributed by atoms with Gasteiger partial charge in [-0.05, 0) is 85.3 Å². The molecule has 6 rings (SSSR count). The minimum absolute atomic E-state index is 0.00284. The van der Waals surface area contributed by atoms with Crippen molar-refractivity contribution in [2.24, 2.45) is 11.8 Å². The van der Waals surface area contributed by atoms with Gasteiger partial charge in [-0.15, -0.1) is 0 Å². The average molecular weight is 581 g/mol. The van der Waals surface area contributed by atoms with E-state index in [-0.39, 0.29) is 7.92 Å². The van der Waals surface area contributed by atoms with Crippen LogP contribution in [-0.4, -0.2) is 17.0 Å². The van der Waals surface area contributed by atoms with Crippen LogP contribution in [0.25, 0.3) is 0 Å². The Morgan fingerprint density at radius 3 is 1.73 bits per heavy atom. The molecule has 2 aromatic rings. The van der Waals surface area contributed by atoms with Crippen LogP contribution in [0.4, 0.5) is 0 Å². The van der Waals surface area contributed by atoms with E-state index < -0.39 is 7.92 Å². The van der Waals surface area contributed by atoms with Crippen LogP contribution < -0.4 is 10.6 Å². The molecule has 0 amide bonds. The first-order valence-corrected chi connectivity index (χ1v) is 19.7. The van der Waals surface area contributed by atoms with E-state index in [0.29, 0.717) is 11.8 Å². The highest BCUT2D eigenvalue weighted by molar-refractivity contribution is 7.76. The number of allylic oxidation sites excluding steroid dienone is 8. The number of benzene rings is 2. The van der Waals surface area contributed by atoms with E-state index >= 15 is 0 Å². The van der Waals surface area contributed by atoms with Gasteiger partial charge in [0.2, 0.25) is 0 Å². The van der Waals surface area contributed by atoms with E-state index in [0.717, 1.165) is 17.0 Å². The van der Waals surface area contributed by atoms with Gasteiger partial charge in [-0.25, -0.2) is 0 Å². The molecule has 2 saturated carbocycles. The lowest BCUT2D eigenvalue weighted by atomic mass is 9.97. The molecule has 0 aliphatic heterocycles. The summed E-state index contributed by atoms with van der Waals surface area (Å²) in [5.41, 5.74) is 2.85. The van der Waals surface area contributed by atoms with Gasteiger partial charge in [-0.2, -0.15) is 0 Å². The standard InChI is InChI=1S/C39H50P2/c1-5-21-33(22-6-1)40(34-23-7-2-8-24-34)38(30-16-15-20-32-18-13-14-19-32)37-29-17-31-39(37)41(35-25-9-3-10-26-35)36-27-11-4-12-28-36/h3-4,9-14,17-19,25-29,31-34,37-38H,1-2,5-8,15-16,20-24,30H2/t37?,38-/m1/s1. The molecule has 0 nitrogen and oxygen atoms in total. The second kappa shape index (κ2) is 15.1. The Hall–Kier alpha value is -1.74. The Balaban J connectivity index is 1.33. The second-order valence-electron chi connectivity index (χ2n) is 12.8. The normalized spacial score (nSPS) is 22.7. The molecule has 4 aliphatic carbocycles. The smallest absolute Gasteiger partial charge is 0.00995 e. The molecule has 41 heavy (non-hydrogen) atoms. The monoisotopic (exact) mass is 580 g/mol. The van der Waals surface area contributed by atoms with Crippen LogP contribution in [0.15, 0.2) is 109 Å². The second-order valence-corrected chi connectivity index (χ2v) is 18.1. The minimum atomic E-state index is -0.519. The number of rotatable bonds is 12. The molecule has 2 atom stereocenters. The van der Waals surface area contributed by atoms with E-state index in [1.165, 1.54) is 101 Å². The van der Waals surface area contributed by atoms with Crippen molar-refractivity contribution < 1.29 is 0 Å². The van der Waals surface area contributed by atoms with E-state index in [1.807, 2.05) is 0 Å². The third-order valence-electron chi connectivity index (χ3n) is 10.1. The van der Waals surface area contributed by atoms with Crippen LogP contribution >= 0.6 is 15.8 Å². The molecule has 0 N–H and O–H groups in total. The lowest BCUT2D eigenvalue weighted by molar-refractivity contribution is 0.471. The molecule has 0 aromatic heterocycles. The van der Waals surface area contributed by atoms with Gasteiger partial charge in [0.1, 0.15) is 0 Å². The Kier molecular flexibility index (Phi) is 10.8. The molecule has 1 unspecified atom stereocenters. The molecule has 0 radical (unpaired) electrons. The Bertz CT molecular complexity index is 1110. The summed E-state index contributed by atoms with van der Waals surface area (Å²) in [4.78, 5) is 0. The highest BCUT2D eigenvalue weighted by Gasteiger charge is 2.41. The van der Waals surface area contributed by atoms with Gasteiger partial charge in [-0.3, -0.25) is 0 Å². The summed E-state index contributed by atoms with van der Waals surface area (Å²) in [6, 6.07) is 23.0. The first-order chi connectivity index (χ1) is 20.4. The minimum Gasteiger partial charge on any atom is -0.0962 e. The number of hydrogen-bond acceptors (Lipinski definition) is 0. The zero-order chi connectivity index (χ0) is 27.7. The summed E-state index contributed by atoms with van der Waals surface area (Å²) in [5.74, 6) is 1.29. The molecule has 0 heterocycles. The average Bonchev–Trinajstić information content (AvgIpc) is 3.74. The number of hydrogen-bond donors (Lipinski definition) is 0. The van der Waals surface area contributed by atoms with Gasteiger partial charge in [0.05, 0.1) is 0 Å². The summed E-state index contributed by atoms with van der Waals surface area (Å²) in [7, 11) is -0.516. The van der Waals surface area contributed by atoms with E-state index in [2.05, 4.69) is 103 Å². The molecule has 0 spiro atoms. The topological polar surface area (TPSA) is 0 Å². The van der Waals surface area contributed by atoms with Gasteiger partial charge in [0.15, 0.2) is 0 Å². The molecule has 216 valence electrons. The summed E-state index contributed by atoms with van der Waals surface area (Å²) < 4.78 is 0. The summed E-state index contributed by atoms with van der Waals surface area (Å²) in [5, 5.41) is 4.78. The lowest BCUT2D eigenvalue weighted by Crippen LogP contribution is -2.31. The van der Waals surface area contributed by atoms with Crippen molar-refractivity contribution in [2.45, 2.75) is 107 Å². The molecule has 2 fully saturated rings. The van der Waals surface area contributed by atoms with Gasteiger partial charge in [0.25, 0.3) is 0 Å². The fourth-order valence-electron chi connectivity index (χ4n) is 8.15. The highest BCUT2D eigenvalue weighted by atomic mass is 31.1. The van der Waals surface area contributed by atoms with E-state index in [1.54, 1.807) is 5.31 Å². The van der Waals surface area contributed by atoms with E-state index in [9.17, 15) is 0 Å². The van der Waals surface area contributed by atoms with Gasteiger partial charge < -0.3 is 0 Å². The molecule has 4 aliphatic rings. The van der Waals surface area contributed by atoms with Crippen molar-refractivity contribution in [3.63, 3.8) is 0 Å². The Labute approximate surface area is 253 Å². The molecule has 2 aromatic carbocycles. The number of unbranched alkanes of at least 4 members (excludes halogenated alkanes) is 1. The van der Waals surface area contributed by atoms with Crippen molar-refractivity contribution in [1.82, 2.24) is 0 Å². The summed E-state index contributed by atoms with van der Waals surface area (Å²) in [6.45, 7) is 0. The van der Waals surface area contributed by atoms with Crippen LogP contribution in [0.1, 0.15) is 89.9 Å². The maximum atomic E-state index is 2.67. The molecule has 0 bridgehead atoms. The van der Waals surface area contributed by atoms with Crippen molar-refractivity contribution in [3.05, 3.63) is 109 Å². The zero-order valence-electron chi connectivity index (χ0n) is 25.0. The molecular weight excluding hydrogens is 530 g/mol. The van der Waals surface area contributed by atoms with Crippen LogP contribution in [0.5, 0.6) is 0 Å². The quantitative estimate of drug-likeness (QED) is 0.173. The third-order valence-corrected chi connectivity index (χ3v) is 16.8.